The molecule has 0 heterocycles. The summed E-state index contributed by atoms with van der Waals surface area (Å²) in [6.45, 7) is 2.16. The fourth-order valence-corrected chi connectivity index (χ4v) is 3.17. The topological polar surface area (TPSA) is 144 Å². The molecule has 0 bridgehead atoms. The molecule has 2 N–H and O–H groups in total. The average molecular weight is 417 g/mol. The van der Waals surface area contributed by atoms with Crippen molar-refractivity contribution in [2.24, 2.45) is 0 Å². The minimum Gasteiger partial charge on any atom is -0.386 e. The van der Waals surface area contributed by atoms with Crippen LogP contribution in [-0.4, -0.2) is 50.6 Å². The van der Waals surface area contributed by atoms with Gasteiger partial charge in [-0.2, -0.15) is 0 Å². The summed E-state index contributed by atoms with van der Waals surface area (Å²) in [7, 11) is 0. The lowest BCUT2D eigenvalue weighted by Gasteiger charge is -2.20. The molecule has 0 aliphatic heterocycles. The van der Waals surface area contributed by atoms with Crippen LogP contribution in [0.4, 0.5) is 0 Å². The number of rotatable bonds is 19. The molecule has 29 heavy (non-hydrogen) atoms. The molecular weight excluding hydrogens is 380 g/mol. The van der Waals surface area contributed by atoms with Crippen LogP contribution in [0, 0.1) is 20.2 Å². The molecule has 0 aromatic rings. The largest absolute Gasteiger partial charge is 0.386 e. The smallest absolute Gasteiger partial charge is 0.242 e. The number of allylic oxidation sites excluding steroid dienone is 1. The Morgan fingerprint density at radius 3 is 2.03 bits per heavy atom. The van der Waals surface area contributed by atoms with Crippen molar-refractivity contribution in [3.05, 3.63) is 32.4 Å². The number of nitro groups is 2. The minimum absolute atomic E-state index is 0.0182. The van der Waals surface area contributed by atoms with Gasteiger partial charge in [-0.25, -0.2) is 0 Å². The van der Waals surface area contributed by atoms with Gasteiger partial charge in [0, 0.05) is 22.7 Å². The number of carbonyl (C=O) groups excluding carboxylic acids is 1. The van der Waals surface area contributed by atoms with Crippen molar-refractivity contribution in [2.75, 3.05) is 0 Å². The predicted octanol–water partition coefficient (Wildman–Crippen LogP) is 3.46. The highest BCUT2D eigenvalue weighted by molar-refractivity contribution is 5.48. The van der Waals surface area contributed by atoms with E-state index in [1.165, 1.54) is 25.7 Å². The van der Waals surface area contributed by atoms with Crippen molar-refractivity contribution in [1.82, 2.24) is 0 Å². The zero-order valence-corrected chi connectivity index (χ0v) is 17.4. The van der Waals surface area contributed by atoms with Crippen LogP contribution in [0.1, 0.15) is 84.0 Å². The molecule has 0 spiro atoms. The van der Waals surface area contributed by atoms with Crippen LogP contribution in [0.2, 0.25) is 0 Å². The Labute approximate surface area is 172 Å². The van der Waals surface area contributed by atoms with E-state index in [1.807, 2.05) is 6.08 Å². The number of hydrogen-bond donors (Lipinski definition) is 2. The lowest BCUT2D eigenvalue weighted by molar-refractivity contribution is -0.553. The SMILES string of the molecule is CCCCCCCC/C=C\CC(C(O)CC(C(O)CCCC=O)[N+](=O)[O-])[N+](=O)[O-]. The average Bonchev–Trinajstić information content (AvgIpc) is 2.67. The maximum absolute atomic E-state index is 11.3. The molecule has 0 saturated heterocycles. The van der Waals surface area contributed by atoms with Gasteiger partial charge in [-0.1, -0.05) is 51.2 Å². The molecule has 0 radical (unpaired) electrons. The van der Waals surface area contributed by atoms with Gasteiger partial charge in [-0.3, -0.25) is 20.2 Å². The Morgan fingerprint density at radius 2 is 1.45 bits per heavy atom. The van der Waals surface area contributed by atoms with Gasteiger partial charge >= 0.3 is 0 Å². The number of aldehydes is 1. The first kappa shape index (κ1) is 27.1. The van der Waals surface area contributed by atoms with Crippen LogP contribution < -0.4 is 0 Å². The Balaban J connectivity index is 4.52. The summed E-state index contributed by atoms with van der Waals surface area (Å²) in [4.78, 5) is 31.5. The van der Waals surface area contributed by atoms with E-state index in [2.05, 4.69) is 6.92 Å². The van der Waals surface area contributed by atoms with Crippen molar-refractivity contribution >= 4 is 6.29 Å². The van der Waals surface area contributed by atoms with E-state index in [9.17, 15) is 35.2 Å². The summed E-state index contributed by atoms with van der Waals surface area (Å²) in [5.74, 6) is 0. The second-order valence-electron chi connectivity index (χ2n) is 7.44. The summed E-state index contributed by atoms with van der Waals surface area (Å²) in [5, 5.41) is 42.7. The van der Waals surface area contributed by atoms with Gasteiger partial charge in [0.05, 0.1) is 6.42 Å². The molecule has 4 unspecified atom stereocenters. The Kier molecular flexibility index (Phi) is 15.9. The summed E-state index contributed by atoms with van der Waals surface area (Å²) < 4.78 is 0. The first-order valence-electron chi connectivity index (χ1n) is 10.6. The zero-order chi connectivity index (χ0) is 22.1. The monoisotopic (exact) mass is 416 g/mol. The molecule has 9 nitrogen and oxygen atoms in total. The van der Waals surface area contributed by atoms with Crippen LogP contribution in [-0.2, 0) is 4.79 Å². The fraction of sp³-hybridized carbons (Fsp3) is 0.850. The molecular formula is C20H36N2O7. The number of nitrogens with zero attached hydrogens (tertiary/aromatic N) is 2. The van der Waals surface area contributed by atoms with E-state index in [4.69, 9.17) is 0 Å². The molecule has 168 valence electrons. The molecule has 0 saturated carbocycles. The Hall–Kier alpha value is -1.87. The minimum atomic E-state index is -1.54. The van der Waals surface area contributed by atoms with Gasteiger partial charge in [0.2, 0.25) is 12.1 Å². The number of aliphatic hydroxyl groups is 2. The second kappa shape index (κ2) is 17.0. The standard InChI is InChI=1S/C20H36N2O7/c1-2-3-4-5-6-7-8-9-10-13-17(21(26)27)20(25)16-18(22(28)29)19(24)14-11-12-15-23/h9-10,15,17-20,24-25H,2-8,11-14,16H2,1H3/b10-9-. The molecule has 0 amide bonds. The summed E-state index contributed by atoms with van der Waals surface area (Å²) in [6, 6.07) is -2.87. The molecule has 9 heteroatoms. The maximum atomic E-state index is 11.3. The Bertz CT molecular complexity index is 499. The third-order valence-electron chi connectivity index (χ3n) is 5.00. The first-order chi connectivity index (χ1) is 13.8. The van der Waals surface area contributed by atoms with Gasteiger partial charge < -0.3 is 15.0 Å². The molecule has 0 aromatic carbocycles. The normalized spacial score (nSPS) is 15.7. The molecule has 0 aromatic heterocycles. The van der Waals surface area contributed by atoms with E-state index in [1.54, 1.807) is 6.08 Å². The molecule has 0 fully saturated rings. The van der Waals surface area contributed by atoms with Crippen LogP contribution in [0.15, 0.2) is 12.2 Å². The van der Waals surface area contributed by atoms with Crippen LogP contribution in [0.5, 0.6) is 0 Å². The van der Waals surface area contributed by atoms with Gasteiger partial charge in [0.15, 0.2) is 0 Å². The van der Waals surface area contributed by atoms with E-state index in [0.717, 1.165) is 19.3 Å². The highest BCUT2D eigenvalue weighted by Crippen LogP contribution is 2.17. The maximum Gasteiger partial charge on any atom is 0.242 e. The molecule has 0 aliphatic rings. The number of unbranched alkanes of at least 4 members (excludes halogenated alkanes) is 7. The van der Waals surface area contributed by atoms with E-state index < -0.39 is 40.6 Å². The van der Waals surface area contributed by atoms with Gasteiger partial charge in [0.25, 0.3) is 0 Å². The number of hydrogen-bond acceptors (Lipinski definition) is 7. The van der Waals surface area contributed by atoms with Crippen LogP contribution >= 0.6 is 0 Å². The van der Waals surface area contributed by atoms with Gasteiger partial charge in [-0.05, 0) is 25.7 Å². The highest BCUT2D eigenvalue weighted by atomic mass is 16.6. The zero-order valence-electron chi connectivity index (χ0n) is 17.4. The third kappa shape index (κ3) is 13.1. The van der Waals surface area contributed by atoms with Crippen LogP contribution in [0.3, 0.4) is 0 Å². The van der Waals surface area contributed by atoms with Crippen molar-refractivity contribution in [1.29, 1.82) is 0 Å². The summed E-state index contributed by atoms with van der Waals surface area (Å²) in [6.07, 6.45) is 8.93. The lowest BCUT2D eigenvalue weighted by atomic mass is 9.95. The van der Waals surface area contributed by atoms with Gasteiger partial charge in [-0.15, -0.1) is 0 Å². The van der Waals surface area contributed by atoms with E-state index >= 15 is 0 Å². The third-order valence-corrected chi connectivity index (χ3v) is 5.00. The van der Waals surface area contributed by atoms with Crippen molar-refractivity contribution in [3.8, 4) is 0 Å². The first-order valence-corrected chi connectivity index (χ1v) is 10.6. The van der Waals surface area contributed by atoms with Crippen LogP contribution in [0.25, 0.3) is 0 Å². The Morgan fingerprint density at radius 1 is 0.828 bits per heavy atom. The predicted molar refractivity (Wildman–Crippen MR) is 110 cm³/mol. The fourth-order valence-electron chi connectivity index (χ4n) is 3.17. The van der Waals surface area contributed by atoms with Crippen molar-refractivity contribution in [3.63, 3.8) is 0 Å². The molecule has 0 aliphatic carbocycles. The van der Waals surface area contributed by atoms with Crippen molar-refractivity contribution in [2.45, 2.75) is 108 Å². The van der Waals surface area contributed by atoms with E-state index in [0.29, 0.717) is 6.29 Å². The van der Waals surface area contributed by atoms with E-state index in [-0.39, 0.29) is 25.7 Å². The lowest BCUT2D eigenvalue weighted by Crippen LogP contribution is -2.42. The van der Waals surface area contributed by atoms with Gasteiger partial charge in [0.1, 0.15) is 18.5 Å². The summed E-state index contributed by atoms with van der Waals surface area (Å²) >= 11 is 0. The van der Waals surface area contributed by atoms with Crippen molar-refractivity contribution < 1.29 is 24.9 Å². The molecule has 0 rings (SSSR count). The number of aliphatic hydroxyl groups excluding tert-OH is 2. The highest BCUT2D eigenvalue weighted by Gasteiger charge is 2.38. The number of carbonyl (C=O) groups is 1. The molecule has 4 atom stereocenters. The quantitative estimate of drug-likeness (QED) is 0.108. The summed E-state index contributed by atoms with van der Waals surface area (Å²) in [5.41, 5.74) is 0. The second-order valence-corrected chi connectivity index (χ2v) is 7.44.